The molecule has 3 nitrogen and oxygen atoms in total. The smallest absolute Gasteiger partial charge is 0.135 e. The van der Waals surface area contributed by atoms with Crippen molar-refractivity contribution in [3.05, 3.63) is 92.1 Å². The summed E-state index contributed by atoms with van der Waals surface area (Å²) in [7, 11) is 0. The summed E-state index contributed by atoms with van der Waals surface area (Å²) in [6.07, 6.45) is 2.13. The summed E-state index contributed by atoms with van der Waals surface area (Å²) in [5.41, 5.74) is 1.27. The second kappa shape index (κ2) is 7.91. The molecule has 2 aromatic heterocycles. The fourth-order valence-electron chi connectivity index (χ4n) is 2.50. The number of halogens is 2. The molecule has 0 spiro atoms. The first-order chi connectivity index (χ1) is 12.1. The number of benzene rings is 1. The Bertz CT molecular complexity index is 895. The lowest BCUT2D eigenvalue weighted by atomic mass is 9.94. The van der Waals surface area contributed by atoms with Crippen LogP contribution in [0.5, 0.6) is 0 Å². The summed E-state index contributed by atoms with van der Waals surface area (Å²) in [4.78, 5) is 4.60. The normalized spacial score (nSPS) is 13.4. The molecule has 0 aliphatic rings. The van der Waals surface area contributed by atoms with E-state index in [-0.39, 0.29) is 18.0 Å². The molecule has 0 radical (unpaired) electrons. The number of aliphatic hydroxyl groups excluding tert-OH is 2. The number of hydrogen-bond donors (Lipinski definition) is 2. The Labute approximate surface area is 157 Å². The second-order valence-corrected chi connectivity index (χ2v) is 7.90. The Morgan fingerprint density at radius 1 is 1.16 bits per heavy atom. The highest BCUT2D eigenvalue weighted by molar-refractivity contribution is 9.11. The number of aromatic nitrogens is 1. The molecule has 0 aliphatic heterocycles. The summed E-state index contributed by atoms with van der Waals surface area (Å²) < 4.78 is 14.9. The van der Waals surface area contributed by atoms with Gasteiger partial charge in [-0.3, -0.25) is 4.98 Å². The van der Waals surface area contributed by atoms with Gasteiger partial charge in [-0.2, -0.15) is 0 Å². The number of rotatable bonds is 5. The first kappa shape index (κ1) is 17.8. The van der Waals surface area contributed by atoms with Crippen molar-refractivity contribution < 1.29 is 14.6 Å². The van der Waals surface area contributed by atoms with E-state index in [0.717, 1.165) is 3.79 Å². The maximum absolute atomic E-state index is 14.1. The minimum absolute atomic E-state index is 0.0460. The molecule has 2 N–H and O–H groups in total. The van der Waals surface area contributed by atoms with Gasteiger partial charge in [0.15, 0.2) is 0 Å². The molecule has 128 valence electrons. The predicted octanol–water partition coefficient (Wildman–Crippen LogP) is 5.29. The van der Waals surface area contributed by atoms with E-state index in [1.54, 1.807) is 42.6 Å². The molecule has 0 aliphatic carbocycles. The molecule has 3 aromatic rings. The van der Waals surface area contributed by atoms with Crippen LogP contribution in [0.3, 0.4) is 0 Å². The van der Waals surface area contributed by atoms with E-state index in [9.17, 15) is 14.6 Å². The Morgan fingerprint density at radius 3 is 2.60 bits per heavy atom. The first-order valence-electron chi connectivity index (χ1n) is 7.55. The van der Waals surface area contributed by atoms with Crippen molar-refractivity contribution in [2.24, 2.45) is 0 Å². The highest BCUT2D eigenvalue weighted by Gasteiger charge is 2.21. The van der Waals surface area contributed by atoms with Gasteiger partial charge in [-0.25, -0.2) is 4.39 Å². The van der Waals surface area contributed by atoms with Crippen LogP contribution in [0, 0.1) is 5.82 Å². The van der Waals surface area contributed by atoms with Gasteiger partial charge in [-0.1, -0.05) is 24.3 Å². The van der Waals surface area contributed by atoms with Gasteiger partial charge < -0.3 is 10.2 Å². The maximum Gasteiger partial charge on any atom is 0.135 e. The van der Waals surface area contributed by atoms with Gasteiger partial charge in [0.25, 0.3) is 0 Å². The molecule has 0 bridgehead atoms. The van der Waals surface area contributed by atoms with Crippen LogP contribution in [0.25, 0.3) is 5.76 Å². The van der Waals surface area contributed by atoms with Crippen LogP contribution < -0.4 is 0 Å². The lowest BCUT2D eigenvalue weighted by Crippen LogP contribution is -2.08. The van der Waals surface area contributed by atoms with E-state index >= 15 is 0 Å². The van der Waals surface area contributed by atoms with Crippen molar-refractivity contribution >= 4 is 33.0 Å². The van der Waals surface area contributed by atoms with Crippen LogP contribution in [0.2, 0.25) is 0 Å². The van der Waals surface area contributed by atoms with E-state index in [2.05, 4.69) is 20.9 Å². The monoisotopic (exact) mass is 419 g/mol. The molecule has 0 fully saturated rings. The largest absolute Gasteiger partial charge is 0.506 e. The molecule has 2 heterocycles. The molecule has 1 atom stereocenters. The third-order valence-electron chi connectivity index (χ3n) is 3.78. The molecule has 3 rings (SSSR count). The number of hydrogen-bond acceptors (Lipinski definition) is 4. The Kier molecular flexibility index (Phi) is 5.63. The van der Waals surface area contributed by atoms with Crippen molar-refractivity contribution in [2.75, 3.05) is 0 Å². The van der Waals surface area contributed by atoms with E-state index in [0.29, 0.717) is 21.6 Å². The van der Waals surface area contributed by atoms with Crippen molar-refractivity contribution in [3.8, 4) is 0 Å². The molecule has 0 saturated heterocycles. The van der Waals surface area contributed by atoms with Crippen molar-refractivity contribution in [3.63, 3.8) is 0 Å². The summed E-state index contributed by atoms with van der Waals surface area (Å²) in [5, 5.41) is 21.5. The van der Waals surface area contributed by atoms with Crippen LogP contribution in [0.1, 0.15) is 22.1 Å². The van der Waals surface area contributed by atoms with Gasteiger partial charge in [-0.05, 0) is 45.8 Å². The Balaban J connectivity index is 2.06. The maximum atomic E-state index is 14.1. The fraction of sp³-hybridized carbons (Fsp3) is 0.105. The zero-order valence-electron chi connectivity index (χ0n) is 13.1. The highest BCUT2D eigenvalue weighted by atomic mass is 79.9. The van der Waals surface area contributed by atoms with Crippen LogP contribution >= 0.6 is 27.3 Å². The molecule has 1 aromatic carbocycles. The summed E-state index contributed by atoms with van der Waals surface area (Å²) in [5.74, 6) is -0.422. The number of thiophene rings is 1. The molecule has 25 heavy (non-hydrogen) atoms. The molecule has 6 heteroatoms. The Morgan fingerprint density at radius 2 is 1.96 bits per heavy atom. The predicted molar refractivity (Wildman–Crippen MR) is 101 cm³/mol. The van der Waals surface area contributed by atoms with Gasteiger partial charge in [0.1, 0.15) is 17.7 Å². The van der Waals surface area contributed by atoms with Gasteiger partial charge in [0.05, 0.1) is 8.66 Å². The van der Waals surface area contributed by atoms with Gasteiger partial charge >= 0.3 is 0 Å². The van der Waals surface area contributed by atoms with Crippen molar-refractivity contribution in [2.45, 2.75) is 12.5 Å². The zero-order chi connectivity index (χ0) is 17.8. The SMILES string of the molecule is O/C(=C(\Cc1ccccc1F)C(O)c1cccnc1)c1ccc(Br)s1. The molecule has 0 saturated carbocycles. The topological polar surface area (TPSA) is 53.4 Å². The van der Waals surface area contributed by atoms with Gasteiger partial charge in [0, 0.05) is 30.0 Å². The van der Waals surface area contributed by atoms with E-state index in [4.69, 9.17) is 0 Å². The summed E-state index contributed by atoms with van der Waals surface area (Å²) in [6.45, 7) is 0. The molecular formula is C19H15BrFNO2S. The minimum Gasteiger partial charge on any atom is -0.506 e. The standard InChI is InChI=1S/C19H15BrFNO2S/c20-17-8-7-16(25-17)19(24)14(10-12-4-1-2-6-15(12)21)18(23)13-5-3-9-22-11-13/h1-9,11,18,23-24H,10H2/b19-14+. The quantitative estimate of drug-likeness (QED) is 0.552. The van der Waals surface area contributed by atoms with Crippen LogP contribution in [0.4, 0.5) is 4.39 Å². The Hall–Kier alpha value is -2.02. The van der Waals surface area contributed by atoms with Crippen LogP contribution in [-0.2, 0) is 6.42 Å². The number of aliphatic hydroxyl groups is 2. The van der Waals surface area contributed by atoms with E-state index in [1.807, 2.05) is 6.07 Å². The number of nitrogens with zero attached hydrogens (tertiary/aromatic N) is 1. The van der Waals surface area contributed by atoms with Crippen molar-refractivity contribution in [1.82, 2.24) is 4.98 Å². The molecular weight excluding hydrogens is 405 g/mol. The third-order valence-corrected chi connectivity index (χ3v) is 5.41. The van der Waals surface area contributed by atoms with E-state index < -0.39 is 6.10 Å². The minimum atomic E-state index is -1.09. The zero-order valence-corrected chi connectivity index (χ0v) is 15.5. The average molecular weight is 420 g/mol. The summed E-state index contributed by atoms with van der Waals surface area (Å²) in [6, 6.07) is 13.3. The van der Waals surface area contributed by atoms with Gasteiger partial charge in [0.2, 0.25) is 0 Å². The average Bonchev–Trinajstić information content (AvgIpc) is 3.07. The van der Waals surface area contributed by atoms with Crippen LogP contribution in [-0.4, -0.2) is 15.2 Å². The second-order valence-electron chi connectivity index (χ2n) is 5.43. The molecule has 1 unspecified atom stereocenters. The fourth-order valence-corrected chi connectivity index (χ4v) is 3.86. The third kappa shape index (κ3) is 4.15. The van der Waals surface area contributed by atoms with E-state index in [1.165, 1.54) is 23.6 Å². The van der Waals surface area contributed by atoms with Crippen LogP contribution in [0.15, 0.2) is 70.3 Å². The summed E-state index contributed by atoms with van der Waals surface area (Å²) >= 11 is 4.70. The molecule has 0 amide bonds. The van der Waals surface area contributed by atoms with Gasteiger partial charge in [-0.15, -0.1) is 11.3 Å². The lowest BCUT2D eigenvalue weighted by Gasteiger charge is -2.17. The highest BCUT2D eigenvalue weighted by Crippen LogP contribution is 2.34. The first-order valence-corrected chi connectivity index (χ1v) is 9.16. The van der Waals surface area contributed by atoms with Crippen molar-refractivity contribution in [1.29, 1.82) is 0 Å². The lowest BCUT2D eigenvalue weighted by molar-refractivity contribution is 0.210. The number of pyridine rings is 1.